The van der Waals surface area contributed by atoms with Crippen LogP contribution < -0.4 is 10.2 Å². The molecule has 0 spiro atoms. The number of carbonyl (C=O) groups excluding carboxylic acids is 3. The molecule has 7 nitrogen and oxygen atoms in total. The van der Waals surface area contributed by atoms with Gasteiger partial charge >= 0.3 is 6.03 Å². The Kier molecular flexibility index (Phi) is 5.73. The van der Waals surface area contributed by atoms with E-state index in [9.17, 15) is 18.8 Å². The summed E-state index contributed by atoms with van der Waals surface area (Å²) in [6, 6.07) is 13.2. The second kappa shape index (κ2) is 8.61. The number of furan rings is 1. The first kappa shape index (κ1) is 20.6. The van der Waals surface area contributed by atoms with Gasteiger partial charge in [0, 0.05) is 10.7 Å². The maximum Gasteiger partial charge on any atom is 0.332 e. The number of imide groups is 1. The highest BCUT2D eigenvalue weighted by Crippen LogP contribution is 2.29. The zero-order valence-electron chi connectivity index (χ0n) is 16.1. The first-order valence-corrected chi connectivity index (χ1v) is 9.78. The summed E-state index contributed by atoms with van der Waals surface area (Å²) in [6.45, 7) is 0.00809. The predicted octanol–water partition coefficient (Wildman–Crippen LogP) is 4.44. The van der Waals surface area contributed by atoms with Crippen molar-refractivity contribution in [1.29, 1.82) is 0 Å². The molecule has 2 heterocycles. The minimum absolute atomic E-state index is 0.00809. The van der Waals surface area contributed by atoms with Gasteiger partial charge in [-0.3, -0.25) is 9.59 Å². The molecule has 9 heteroatoms. The normalized spacial score (nSPS) is 16.1. The summed E-state index contributed by atoms with van der Waals surface area (Å²) in [5.41, 5.74) is 0.737. The van der Waals surface area contributed by atoms with Gasteiger partial charge in [-0.05, 0) is 60.7 Å². The zero-order valence-corrected chi connectivity index (χ0v) is 16.9. The van der Waals surface area contributed by atoms with Gasteiger partial charge in [0.05, 0.1) is 24.9 Å². The summed E-state index contributed by atoms with van der Waals surface area (Å²) in [7, 11) is 0. The minimum atomic E-state index is -1.05. The number of rotatable bonds is 6. The highest BCUT2D eigenvalue weighted by atomic mass is 35.5. The van der Waals surface area contributed by atoms with Crippen LogP contribution in [0.1, 0.15) is 12.2 Å². The van der Waals surface area contributed by atoms with Crippen LogP contribution in [0.15, 0.2) is 71.3 Å². The number of benzene rings is 2. The predicted molar refractivity (Wildman–Crippen MR) is 112 cm³/mol. The Morgan fingerprint density at radius 2 is 1.77 bits per heavy atom. The summed E-state index contributed by atoms with van der Waals surface area (Å²) in [5, 5.41) is 3.22. The van der Waals surface area contributed by atoms with E-state index < -0.39 is 29.7 Å². The molecule has 1 N–H and O–H groups in total. The van der Waals surface area contributed by atoms with E-state index in [2.05, 4.69) is 5.32 Å². The number of hydrogen-bond donors (Lipinski definition) is 1. The van der Waals surface area contributed by atoms with E-state index in [1.54, 1.807) is 36.4 Å². The fourth-order valence-corrected chi connectivity index (χ4v) is 3.46. The Hall–Kier alpha value is -3.65. The second-order valence-electron chi connectivity index (χ2n) is 6.91. The molecule has 1 aliphatic rings. The van der Waals surface area contributed by atoms with Crippen LogP contribution in [0.2, 0.25) is 5.02 Å². The Balaban J connectivity index is 1.58. The van der Waals surface area contributed by atoms with Crippen molar-refractivity contribution >= 4 is 40.8 Å². The third-order valence-corrected chi connectivity index (χ3v) is 5.07. The van der Waals surface area contributed by atoms with Crippen LogP contribution in [-0.4, -0.2) is 28.8 Å². The smallest absolute Gasteiger partial charge is 0.332 e. The van der Waals surface area contributed by atoms with Crippen LogP contribution in [0.3, 0.4) is 0 Å². The van der Waals surface area contributed by atoms with Gasteiger partial charge in [0.2, 0.25) is 5.91 Å². The second-order valence-corrected chi connectivity index (χ2v) is 7.35. The lowest BCUT2D eigenvalue weighted by molar-refractivity contribution is -0.124. The maximum absolute atomic E-state index is 13.3. The van der Waals surface area contributed by atoms with Gasteiger partial charge < -0.3 is 14.6 Å². The molecule has 0 aliphatic carbocycles. The fourth-order valence-electron chi connectivity index (χ4n) is 3.33. The fraction of sp³-hybridized carbons (Fsp3) is 0.136. The summed E-state index contributed by atoms with van der Waals surface area (Å²) in [5.74, 6) is -1.05. The number of halogens is 2. The molecule has 1 aromatic heterocycles. The van der Waals surface area contributed by atoms with Crippen molar-refractivity contribution in [3.63, 3.8) is 0 Å². The molecule has 4 amide bonds. The standard InChI is InChI=1S/C22H17ClFN3O4/c23-14-3-7-16(8-4-14)25-20(28)12-19-21(29)27(17-9-5-15(24)6-10-17)22(30)26(19)13-18-2-1-11-31-18/h1-11,19H,12-13H2,(H,25,28)/t19-/m1/s1. The molecule has 1 atom stereocenters. The molecule has 1 aliphatic heterocycles. The van der Waals surface area contributed by atoms with Crippen molar-refractivity contribution in [2.75, 3.05) is 10.2 Å². The third kappa shape index (κ3) is 4.44. The van der Waals surface area contributed by atoms with Crippen LogP contribution in [0.4, 0.5) is 20.6 Å². The third-order valence-electron chi connectivity index (χ3n) is 4.82. The first-order valence-electron chi connectivity index (χ1n) is 9.40. The Morgan fingerprint density at radius 3 is 2.42 bits per heavy atom. The van der Waals surface area contributed by atoms with Gasteiger partial charge in [-0.1, -0.05) is 11.6 Å². The van der Waals surface area contributed by atoms with Crippen molar-refractivity contribution in [2.45, 2.75) is 19.0 Å². The Morgan fingerprint density at radius 1 is 1.06 bits per heavy atom. The number of nitrogens with one attached hydrogen (secondary N) is 1. The Bertz CT molecular complexity index is 1100. The largest absolute Gasteiger partial charge is 0.467 e. The average Bonchev–Trinajstić information content (AvgIpc) is 3.33. The molecule has 1 saturated heterocycles. The van der Waals surface area contributed by atoms with Gasteiger partial charge in [-0.15, -0.1) is 0 Å². The van der Waals surface area contributed by atoms with Crippen molar-refractivity contribution in [3.05, 3.63) is 83.5 Å². The van der Waals surface area contributed by atoms with E-state index in [0.717, 1.165) is 17.0 Å². The Labute approximate surface area is 182 Å². The number of nitrogens with zero attached hydrogens (tertiary/aromatic N) is 2. The quantitative estimate of drug-likeness (QED) is 0.573. The van der Waals surface area contributed by atoms with Crippen LogP contribution in [0, 0.1) is 5.82 Å². The summed E-state index contributed by atoms with van der Waals surface area (Å²) < 4.78 is 18.6. The van der Waals surface area contributed by atoms with Gasteiger partial charge in [-0.2, -0.15) is 0 Å². The van der Waals surface area contributed by atoms with Crippen LogP contribution in [0.25, 0.3) is 0 Å². The average molecular weight is 442 g/mol. The van der Waals surface area contributed by atoms with Crippen molar-refractivity contribution < 1.29 is 23.2 Å². The van der Waals surface area contributed by atoms with Gasteiger partial charge in [0.1, 0.15) is 17.6 Å². The zero-order chi connectivity index (χ0) is 22.0. The van der Waals surface area contributed by atoms with Crippen molar-refractivity contribution in [2.24, 2.45) is 0 Å². The first-order chi connectivity index (χ1) is 14.9. The minimum Gasteiger partial charge on any atom is -0.467 e. The van der Waals surface area contributed by atoms with Crippen LogP contribution in [0.5, 0.6) is 0 Å². The number of urea groups is 1. The molecule has 2 aromatic carbocycles. The molecule has 0 radical (unpaired) electrons. The lowest BCUT2D eigenvalue weighted by atomic mass is 10.1. The molecule has 0 unspecified atom stereocenters. The molecule has 3 aromatic rings. The number of anilines is 2. The molecular weight excluding hydrogens is 425 g/mol. The monoisotopic (exact) mass is 441 g/mol. The van der Waals surface area contributed by atoms with Crippen molar-refractivity contribution in [3.8, 4) is 0 Å². The molecule has 0 bridgehead atoms. The highest BCUT2D eigenvalue weighted by molar-refractivity contribution is 6.30. The SMILES string of the molecule is O=C(C[C@@H]1C(=O)N(c2ccc(F)cc2)C(=O)N1Cc1ccco1)Nc1ccc(Cl)cc1. The molecule has 0 saturated carbocycles. The van der Waals surface area contributed by atoms with E-state index in [-0.39, 0.29) is 18.7 Å². The lowest BCUT2D eigenvalue weighted by Gasteiger charge is -2.20. The lowest BCUT2D eigenvalue weighted by Crippen LogP contribution is -2.37. The van der Waals surface area contributed by atoms with Crippen LogP contribution >= 0.6 is 11.6 Å². The molecule has 158 valence electrons. The summed E-state index contributed by atoms with van der Waals surface area (Å²) in [6.07, 6.45) is 1.20. The molecular formula is C22H17ClFN3O4. The van der Waals surface area contributed by atoms with Crippen LogP contribution in [-0.2, 0) is 16.1 Å². The van der Waals surface area contributed by atoms with E-state index in [1.807, 2.05) is 0 Å². The summed E-state index contributed by atoms with van der Waals surface area (Å²) >= 11 is 5.85. The number of carbonyl (C=O) groups is 3. The van der Waals surface area contributed by atoms with Crippen molar-refractivity contribution in [1.82, 2.24) is 4.90 Å². The highest BCUT2D eigenvalue weighted by Gasteiger charge is 2.47. The molecule has 4 rings (SSSR count). The molecule has 1 fully saturated rings. The summed E-state index contributed by atoms with van der Waals surface area (Å²) in [4.78, 5) is 41.0. The van der Waals surface area contributed by atoms with Gasteiger partial charge in [0.25, 0.3) is 5.91 Å². The topological polar surface area (TPSA) is 82.9 Å². The number of hydrogen-bond acceptors (Lipinski definition) is 4. The van der Waals surface area contributed by atoms with E-state index in [4.69, 9.17) is 16.0 Å². The number of amides is 4. The van der Waals surface area contributed by atoms with Gasteiger partial charge in [-0.25, -0.2) is 14.1 Å². The molecule has 31 heavy (non-hydrogen) atoms. The van der Waals surface area contributed by atoms with Gasteiger partial charge in [0.15, 0.2) is 0 Å². The maximum atomic E-state index is 13.3. The van der Waals surface area contributed by atoms with E-state index in [1.165, 1.54) is 23.3 Å². The van der Waals surface area contributed by atoms with E-state index in [0.29, 0.717) is 16.5 Å². The van der Waals surface area contributed by atoms with E-state index >= 15 is 0 Å².